The normalized spacial score (nSPS) is 24.0. The zero-order valence-electron chi connectivity index (χ0n) is 17.8. The van der Waals surface area contributed by atoms with Crippen LogP contribution in [0.1, 0.15) is 55.7 Å². The molecule has 32 heavy (non-hydrogen) atoms. The zero-order chi connectivity index (χ0) is 22.7. The van der Waals surface area contributed by atoms with E-state index >= 15 is 4.39 Å². The van der Waals surface area contributed by atoms with Gasteiger partial charge in [0.2, 0.25) is 5.82 Å². The molecular formula is C23H28F4N4O. The Morgan fingerprint density at radius 3 is 2.34 bits per heavy atom. The number of nitrogens with zero attached hydrogens (tertiary/aromatic N) is 3. The first-order valence-corrected chi connectivity index (χ1v) is 11.2. The van der Waals surface area contributed by atoms with Crippen molar-refractivity contribution >= 4 is 11.6 Å². The lowest BCUT2D eigenvalue weighted by molar-refractivity contribution is -0.137. The van der Waals surface area contributed by atoms with Crippen LogP contribution in [0, 0.1) is 17.7 Å². The maximum atomic E-state index is 15.3. The number of hydrogen-bond donors (Lipinski definition) is 2. The Morgan fingerprint density at radius 1 is 1.00 bits per heavy atom. The molecule has 2 aliphatic rings. The van der Waals surface area contributed by atoms with E-state index in [0.29, 0.717) is 36.9 Å². The summed E-state index contributed by atoms with van der Waals surface area (Å²) in [6.45, 7) is 1.40. The van der Waals surface area contributed by atoms with E-state index in [1.165, 1.54) is 18.5 Å². The number of alkyl halides is 3. The SMILES string of the molecule is OCC1CCC(CNc2ncnc(N3CCC[C@@H]3c3ccc(C(F)(F)F)cc3)c2F)CC1. The Bertz CT molecular complexity index is 898. The third-order valence-corrected chi connectivity index (χ3v) is 6.70. The van der Waals surface area contributed by atoms with Gasteiger partial charge in [-0.25, -0.2) is 9.97 Å². The maximum Gasteiger partial charge on any atom is 0.416 e. The Kier molecular flexibility index (Phi) is 6.83. The molecule has 1 aromatic heterocycles. The number of hydrogen-bond acceptors (Lipinski definition) is 5. The fourth-order valence-electron chi connectivity index (χ4n) is 4.80. The van der Waals surface area contributed by atoms with Crippen LogP contribution in [0.25, 0.3) is 0 Å². The largest absolute Gasteiger partial charge is 0.416 e. The van der Waals surface area contributed by atoms with E-state index in [9.17, 15) is 18.3 Å². The van der Waals surface area contributed by atoms with E-state index in [0.717, 1.165) is 44.2 Å². The summed E-state index contributed by atoms with van der Waals surface area (Å²) < 4.78 is 53.9. The first kappa shape index (κ1) is 22.8. The summed E-state index contributed by atoms with van der Waals surface area (Å²) in [5, 5.41) is 12.4. The summed E-state index contributed by atoms with van der Waals surface area (Å²) in [7, 11) is 0. The highest BCUT2D eigenvalue weighted by Gasteiger charge is 2.33. The van der Waals surface area contributed by atoms with Crippen molar-refractivity contribution in [2.75, 3.05) is 29.9 Å². The molecule has 2 aromatic rings. The number of aromatic nitrogens is 2. The molecule has 4 rings (SSSR count). The lowest BCUT2D eigenvalue weighted by Gasteiger charge is -2.28. The van der Waals surface area contributed by atoms with Gasteiger partial charge in [-0.3, -0.25) is 0 Å². The van der Waals surface area contributed by atoms with Crippen molar-refractivity contribution in [1.82, 2.24) is 9.97 Å². The second-order valence-electron chi connectivity index (χ2n) is 8.78. The van der Waals surface area contributed by atoms with Crippen molar-refractivity contribution in [2.45, 2.75) is 50.7 Å². The van der Waals surface area contributed by atoms with Crippen LogP contribution in [-0.4, -0.2) is 34.8 Å². The predicted molar refractivity (Wildman–Crippen MR) is 114 cm³/mol. The molecule has 2 heterocycles. The van der Waals surface area contributed by atoms with Crippen molar-refractivity contribution < 1.29 is 22.7 Å². The van der Waals surface area contributed by atoms with E-state index in [1.807, 2.05) is 4.90 Å². The molecule has 0 amide bonds. The summed E-state index contributed by atoms with van der Waals surface area (Å²) in [6.07, 6.45) is 2.37. The van der Waals surface area contributed by atoms with Gasteiger partial charge in [-0.1, -0.05) is 12.1 Å². The number of rotatable bonds is 6. The highest BCUT2D eigenvalue weighted by atomic mass is 19.4. The fraction of sp³-hybridized carbons (Fsp3) is 0.565. The monoisotopic (exact) mass is 452 g/mol. The van der Waals surface area contributed by atoms with E-state index in [1.54, 1.807) is 0 Å². The number of aliphatic hydroxyl groups excluding tert-OH is 1. The van der Waals surface area contributed by atoms with Crippen LogP contribution in [0.5, 0.6) is 0 Å². The number of anilines is 2. The van der Waals surface area contributed by atoms with Crippen molar-refractivity contribution in [2.24, 2.45) is 11.8 Å². The highest BCUT2D eigenvalue weighted by Crippen LogP contribution is 2.38. The van der Waals surface area contributed by atoms with Crippen LogP contribution in [0.3, 0.4) is 0 Å². The molecule has 1 aliphatic carbocycles. The third kappa shape index (κ3) is 4.98. The molecule has 174 valence electrons. The minimum absolute atomic E-state index is 0.150. The number of benzene rings is 1. The molecule has 9 heteroatoms. The molecule has 1 aromatic carbocycles. The van der Waals surface area contributed by atoms with Gasteiger partial charge in [0.05, 0.1) is 11.6 Å². The quantitative estimate of drug-likeness (QED) is 0.591. The van der Waals surface area contributed by atoms with Gasteiger partial charge in [0.25, 0.3) is 0 Å². The summed E-state index contributed by atoms with van der Waals surface area (Å²) in [5.41, 5.74) is 0.0159. The Morgan fingerprint density at radius 2 is 1.69 bits per heavy atom. The van der Waals surface area contributed by atoms with Gasteiger partial charge in [0, 0.05) is 19.7 Å². The third-order valence-electron chi connectivity index (χ3n) is 6.70. The van der Waals surface area contributed by atoms with Crippen LogP contribution in [0.2, 0.25) is 0 Å². The topological polar surface area (TPSA) is 61.3 Å². The molecule has 1 aliphatic heterocycles. The van der Waals surface area contributed by atoms with Gasteiger partial charge in [-0.05, 0) is 68.1 Å². The van der Waals surface area contributed by atoms with Gasteiger partial charge < -0.3 is 15.3 Å². The van der Waals surface area contributed by atoms with Crippen LogP contribution in [-0.2, 0) is 6.18 Å². The zero-order valence-corrected chi connectivity index (χ0v) is 17.8. The maximum absolute atomic E-state index is 15.3. The lowest BCUT2D eigenvalue weighted by atomic mass is 9.82. The second kappa shape index (κ2) is 9.60. The first-order valence-electron chi connectivity index (χ1n) is 11.2. The Hall–Kier alpha value is -2.42. The Labute approximate surface area is 184 Å². The number of nitrogens with one attached hydrogen (secondary N) is 1. The fourth-order valence-corrected chi connectivity index (χ4v) is 4.80. The van der Waals surface area contributed by atoms with E-state index in [4.69, 9.17) is 0 Å². The van der Waals surface area contributed by atoms with Crippen LogP contribution in [0.15, 0.2) is 30.6 Å². The van der Waals surface area contributed by atoms with E-state index in [2.05, 4.69) is 15.3 Å². The summed E-state index contributed by atoms with van der Waals surface area (Å²) in [6, 6.07) is 4.84. The molecule has 0 bridgehead atoms. The predicted octanol–water partition coefficient (Wildman–Crippen LogP) is 5.19. The minimum atomic E-state index is -4.38. The highest BCUT2D eigenvalue weighted by molar-refractivity contribution is 5.53. The molecule has 0 spiro atoms. The summed E-state index contributed by atoms with van der Waals surface area (Å²) in [5.74, 6) is 0.565. The van der Waals surface area contributed by atoms with Crippen LogP contribution >= 0.6 is 0 Å². The standard InChI is InChI=1S/C23H28F4N4O/c24-20-21(28-12-15-3-5-16(13-32)6-4-15)29-14-30-22(20)31-11-1-2-19(31)17-7-9-18(10-8-17)23(25,26)27/h7-10,14-16,19,32H,1-6,11-13H2,(H,28,29,30)/t15?,16?,19-/m1/s1. The van der Waals surface area contributed by atoms with E-state index < -0.39 is 17.6 Å². The molecular weight excluding hydrogens is 424 g/mol. The van der Waals surface area contributed by atoms with Crippen LogP contribution < -0.4 is 10.2 Å². The van der Waals surface area contributed by atoms with Gasteiger partial charge in [0.15, 0.2) is 11.6 Å². The minimum Gasteiger partial charge on any atom is -0.396 e. The lowest BCUT2D eigenvalue weighted by Crippen LogP contribution is -2.26. The van der Waals surface area contributed by atoms with Crippen molar-refractivity contribution in [3.8, 4) is 0 Å². The molecule has 1 atom stereocenters. The second-order valence-corrected chi connectivity index (χ2v) is 8.78. The molecule has 0 unspecified atom stereocenters. The summed E-state index contributed by atoms with van der Waals surface area (Å²) >= 11 is 0. The van der Waals surface area contributed by atoms with Gasteiger partial charge >= 0.3 is 6.18 Å². The molecule has 2 fully saturated rings. The number of halogens is 4. The van der Waals surface area contributed by atoms with Crippen LogP contribution in [0.4, 0.5) is 29.2 Å². The average molecular weight is 452 g/mol. The average Bonchev–Trinajstić information content (AvgIpc) is 3.28. The Balaban J connectivity index is 1.46. The van der Waals surface area contributed by atoms with Gasteiger partial charge in [-0.2, -0.15) is 17.6 Å². The molecule has 5 nitrogen and oxygen atoms in total. The molecule has 1 saturated carbocycles. The van der Waals surface area contributed by atoms with E-state index in [-0.39, 0.29) is 24.3 Å². The molecule has 2 N–H and O–H groups in total. The smallest absolute Gasteiger partial charge is 0.396 e. The molecule has 1 saturated heterocycles. The number of aliphatic hydroxyl groups is 1. The van der Waals surface area contributed by atoms with Crippen molar-refractivity contribution in [1.29, 1.82) is 0 Å². The van der Waals surface area contributed by atoms with Crippen molar-refractivity contribution in [3.05, 3.63) is 47.5 Å². The summed E-state index contributed by atoms with van der Waals surface area (Å²) in [4.78, 5) is 10.1. The van der Waals surface area contributed by atoms with Gasteiger partial charge in [-0.15, -0.1) is 0 Å². The first-order chi connectivity index (χ1) is 15.4. The molecule has 0 radical (unpaired) electrons. The van der Waals surface area contributed by atoms with Crippen molar-refractivity contribution in [3.63, 3.8) is 0 Å². The van der Waals surface area contributed by atoms with Gasteiger partial charge in [0.1, 0.15) is 6.33 Å².